The summed E-state index contributed by atoms with van der Waals surface area (Å²) in [6.45, 7) is 2.04. The summed E-state index contributed by atoms with van der Waals surface area (Å²) in [6.07, 6.45) is 11.9. The van der Waals surface area contributed by atoms with Gasteiger partial charge < -0.3 is 10.6 Å². The molecular formula is C18H30N2O. The molecule has 4 aliphatic carbocycles. The van der Waals surface area contributed by atoms with Crippen molar-refractivity contribution < 1.29 is 4.79 Å². The molecule has 5 aliphatic rings. The lowest BCUT2D eigenvalue weighted by Gasteiger charge is -2.53. The molecule has 0 radical (unpaired) electrons. The van der Waals surface area contributed by atoms with E-state index in [9.17, 15) is 4.79 Å². The van der Waals surface area contributed by atoms with E-state index in [1.54, 1.807) is 0 Å². The van der Waals surface area contributed by atoms with Gasteiger partial charge in [0.2, 0.25) is 5.91 Å². The number of hydrogen-bond acceptors (Lipinski definition) is 2. The molecule has 1 amide bonds. The van der Waals surface area contributed by atoms with Crippen molar-refractivity contribution in [1.82, 2.24) is 10.6 Å². The molecule has 3 heteroatoms. The highest BCUT2D eigenvalue weighted by atomic mass is 16.1. The van der Waals surface area contributed by atoms with E-state index in [1.165, 1.54) is 51.4 Å². The molecule has 5 rings (SSSR count). The van der Waals surface area contributed by atoms with Gasteiger partial charge in [-0.1, -0.05) is 6.42 Å². The van der Waals surface area contributed by atoms with Crippen LogP contribution in [0.2, 0.25) is 0 Å². The predicted molar refractivity (Wildman–Crippen MR) is 83.8 cm³/mol. The lowest BCUT2D eigenvalue weighted by Crippen LogP contribution is -2.51. The van der Waals surface area contributed by atoms with E-state index >= 15 is 0 Å². The zero-order chi connectivity index (χ0) is 14.2. The summed E-state index contributed by atoms with van der Waals surface area (Å²) in [6, 6.07) is 0.637. The molecular weight excluding hydrogens is 260 g/mol. The van der Waals surface area contributed by atoms with Gasteiger partial charge >= 0.3 is 0 Å². The molecule has 1 atom stereocenters. The van der Waals surface area contributed by atoms with Crippen molar-refractivity contribution in [3.05, 3.63) is 0 Å². The predicted octanol–water partition coefficient (Wildman–Crippen LogP) is 2.71. The molecule has 2 N–H and O–H groups in total. The first-order chi connectivity index (χ1) is 10.3. The monoisotopic (exact) mass is 290 g/mol. The number of hydrogen-bond donors (Lipinski definition) is 2. The summed E-state index contributed by atoms with van der Waals surface area (Å²) >= 11 is 0. The highest BCUT2D eigenvalue weighted by Crippen LogP contribution is 2.56. The maximum atomic E-state index is 12.6. The van der Waals surface area contributed by atoms with Crippen LogP contribution >= 0.6 is 0 Å². The summed E-state index contributed by atoms with van der Waals surface area (Å²) < 4.78 is 0. The SMILES string of the molecule is O=C(NCCC1CCCCN1)C1C2CC3CC(C2)CC1C3. The second kappa shape index (κ2) is 5.91. The Bertz CT molecular complexity index is 361. The van der Waals surface area contributed by atoms with E-state index in [1.807, 2.05) is 0 Å². The van der Waals surface area contributed by atoms with E-state index in [2.05, 4.69) is 10.6 Å². The van der Waals surface area contributed by atoms with Crippen LogP contribution in [0.3, 0.4) is 0 Å². The van der Waals surface area contributed by atoms with E-state index in [-0.39, 0.29) is 0 Å². The number of rotatable bonds is 4. The molecule has 1 aliphatic heterocycles. The Morgan fingerprint density at radius 1 is 1.00 bits per heavy atom. The van der Waals surface area contributed by atoms with Crippen LogP contribution in [0.1, 0.15) is 57.8 Å². The van der Waals surface area contributed by atoms with Crippen LogP contribution in [0.4, 0.5) is 0 Å². The van der Waals surface area contributed by atoms with E-state index < -0.39 is 0 Å². The first kappa shape index (κ1) is 14.0. The van der Waals surface area contributed by atoms with Crippen molar-refractivity contribution in [3.8, 4) is 0 Å². The lowest BCUT2D eigenvalue weighted by atomic mass is 9.51. The molecule has 1 saturated heterocycles. The largest absolute Gasteiger partial charge is 0.356 e. The first-order valence-corrected chi connectivity index (χ1v) is 9.30. The molecule has 21 heavy (non-hydrogen) atoms. The second-order valence-corrected chi connectivity index (χ2v) is 8.18. The quantitative estimate of drug-likeness (QED) is 0.836. The molecule has 4 saturated carbocycles. The number of piperidine rings is 1. The lowest BCUT2D eigenvalue weighted by molar-refractivity contribution is -0.138. The zero-order valence-corrected chi connectivity index (χ0v) is 13.2. The molecule has 1 heterocycles. The minimum absolute atomic E-state index is 0.358. The number of nitrogens with one attached hydrogen (secondary N) is 2. The van der Waals surface area contributed by atoms with Gasteiger partial charge in [-0.3, -0.25) is 4.79 Å². The Hall–Kier alpha value is -0.570. The van der Waals surface area contributed by atoms with E-state index in [0.717, 1.165) is 31.3 Å². The fourth-order valence-electron chi connectivity index (χ4n) is 6.01. The molecule has 0 spiro atoms. The van der Waals surface area contributed by atoms with E-state index in [0.29, 0.717) is 29.7 Å². The maximum absolute atomic E-state index is 12.6. The highest BCUT2D eigenvalue weighted by Gasteiger charge is 2.50. The third-order valence-corrected chi connectivity index (χ3v) is 6.73. The van der Waals surface area contributed by atoms with Gasteiger partial charge in [-0.2, -0.15) is 0 Å². The number of carbonyl (C=O) groups excluding carboxylic acids is 1. The molecule has 3 nitrogen and oxygen atoms in total. The number of amides is 1. The highest BCUT2D eigenvalue weighted by molar-refractivity contribution is 5.79. The summed E-state index contributed by atoms with van der Waals surface area (Å²) in [5.41, 5.74) is 0. The topological polar surface area (TPSA) is 41.1 Å². The van der Waals surface area contributed by atoms with Gasteiger partial charge in [-0.15, -0.1) is 0 Å². The van der Waals surface area contributed by atoms with Crippen LogP contribution in [0, 0.1) is 29.6 Å². The van der Waals surface area contributed by atoms with Crippen LogP contribution in [-0.4, -0.2) is 25.0 Å². The minimum atomic E-state index is 0.358. The summed E-state index contributed by atoms with van der Waals surface area (Å²) in [5.74, 6) is 4.10. The average molecular weight is 290 g/mol. The minimum Gasteiger partial charge on any atom is -0.356 e. The molecule has 118 valence electrons. The molecule has 1 unspecified atom stereocenters. The van der Waals surface area contributed by atoms with Crippen molar-refractivity contribution in [1.29, 1.82) is 0 Å². The maximum Gasteiger partial charge on any atom is 0.223 e. The van der Waals surface area contributed by atoms with Crippen LogP contribution in [0.5, 0.6) is 0 Å². The van der Waals surface area contributed by atoms with Crippen molar-refractivity contribution in [2.45, 2.75) is 63.8 Å². The van der Waals surface area contributed by atoms with Gasteiger partial charge in [0, 0.05) is 18.5 Å². The first-order valence-electron chi connectivity index (χ1n) is 9.30. The van der Waals surface area contributed by atoms with Crippen LogP contribution in [0.25, 0.3) is 0 Å². The molecule has 0 aromatic carbocycles. The van der Waals surface area contributed by atoms with Crippen LogP contribution < -0.4 is 10.6 Å². The van der Waals surface area contributed by atoms with Crippen LogP contribution in [-0.2, 0) is 4.79 Å². The van der Waals surface area contributed by atoms with Gasteiger partial charge in [0.15, 0.2) is 0 Å². The summed E-state index contributed by atoms with van der Waals surface area (Å²) in [7, 11) is 0. The third-order valence-electron chi connectivity index (χ3n) is 6.73. The Morgan fingerprint density at radius 2 is 1.71 bits per heavy atom. The Kier molecular flexibility index (Phi) is 3.95. The van der Waals surface area contributed by atoms with Crippen molar-refractivity contribution in [3.63, 3.8) is 0 Å². The summed E-state index contributed by atoms with van der Waals surface area (Å²) in [5, 5.41) is 6.85. The second-order valence-electron chi connectivity index (χ2n) is 8.18. The Morgan fingerprint density at radius 3 is 2.33 bits per heavy atom. The van der Waals surface area contributed by atoms with Crippen LogP contribution in [0.15, 0.2) is 0 Å². The van der Waals surface area contributed by atoms with Gasteiger partial charge in [0.1, 0.15) is 0 Å². The van der Waals surface area contributed by atoms with E-state index in [4.69, 9.17) is 0 Å². The van der Waals surface area contributed by atoms with Crippen molar-refractivity contribution in [2.75, 3.05) is 13.1 Å². The molecule has 5 fully saturated rings. The molecule has 0 aromatic heterocycles. The Labute approximate surface area is 128 Å². The average Bonchev–Trinajstić information content (AvgIpc) is 2.47. The van der Waals surface area contributed by atoms with Gasteiger partial charge in [-0.25, -0.2) is 0 Å². The zero-order valence-electron chi connectivity index (χ0n) is 13.2. The molecule has 4 bridgehead atoms. The standard InChI is InChI=1S/C18H30N2O/c21-18(20-6-4-16-3-1-2-5-19-16)17-14-8-12-7-13(10-14)11-15(17)9-12/h12-17,19H,1-11H2,(H,20,21). The smallest absolute Gasteiger partial charge is 0.223 e. The number of carbonyl (C=O) groups is 1. The van der Waals surface area contributed by atoms with Gasteiger partial charge in [0.25, 0.3) is 0 Å². The summed E-state index contributed by atoms with van der Waals surface area (Å²) in [4.78, 5) is 12.6. The van der Waals surface area contributed by atoms with Gasteiger partial charge in [0.05, 0.1) is 0 Å². The fraction of sp³-hybridized carbons (Fsp3) is 0.944. The fourth-order valence-corrected chi connectivity index (χ4v) is 6.01. The molecule has 0 aromatic rings. The van der Waals surface area contributed by atoms with Gasteiger partial charge in [-0.05, 0) is 81.6 Å². The Balaban J connectivity index is 1.27. The third kappa shape index (κ3) is 2.86. The normalized spacial score (nSPS) is 44.8. The van der Waals surface area contributed by atoms with Crippen molar-refractivity contribution >= 4 is 5.91 Å². The van der Waals surface area contributed by atoms with Crippen molar-refractivity contribution in [2.24, 2.45) is 29.6 Å².